The number of carbonyl (C=O) groups is 1. The molecule has 3 aromatic rings. The third-order valence-electron chi connectivity index (χ3n) is 5.37. The van der Waals surface area contributed by atoms with E-state index in [0.717, 1.165) is 16.6 Å². The summed E-state index contributed by atoms with van der Waals surface area (Å²) >= 11 is 0. The monoisotopic (exact) mass is 443 g/mol. The topological polar surface area (TPSA) is 88.5 Å². The molecule has 31 heavy (non-hydrogen) atoms. The molecule has 0 spiro atoms. The summed E-state index contributed by atoms with van der Waals surface area (Å²) in [6.45, 7) is 1.35. The van der Waals surface area contributed by atoms with Gasteiger partial charge in [-0.3, -0.25) is 9.59 Å². The maximum atomic E-state index is 13.1. The molecule has 0 aliphatic carbocycles. The summed E-state index contributed by atoms with van der Waals surface area (Å²) < 4.78 is 37.8. The Labute approximate surface area is 179 Å². The summed E-state index contributed by atoms with van der Waals surface area (Å²) in [5, 5.41) is 3.45. The van der Waals surface area contributed by atoms with Crippen molar-refractivity contribution in [3.63, 3.8) is 0 Å². The van der Waals surface area contributed by atoms with Gasteiger partial charge in [0.2, 0.25) is 0 Å². The molecule has 0 saturated heterocycles. The zero-order chi connectivity index (χ0) is 22.2. The normalized spacial score (nSPS) is 13.4. The van der Waals surface area contributed by atoms with E-state index in [1.165, 1.54) is 18.4 Å². The fourth-order valence-corrected chi connectivity index (χ4v) is 4.34. The van der Waals surface area contributed by atoms with E-state index < -0.39 is 15.7 Å². The molecule has 4 rings (SSSR count). The lowest BCUT2D eigenvalue weighted by atomic mass is 10.1. The van der Waals surface area contributed by atoms with Gasteiger partial charge in [-0.05, 0) is 29.8 Å². The minimum absolute atomic E-state index is 0.0253. The summed E-state index contributed by atoms with van der Waals surface area (Å²) in [4.78, 5) is 27.7. The molecule has 2 heterocycles. The maximum Gasteiger partial charge on any atom is 0.264 e. The first-order valence-corrected chi connectivity index (χ1v) is 11.9. The number of nitrogens with zero attached hydrogens (tertiary/aromatic N) is 2. The number of benzene rings is 2. The predicted molar refractivity (Wildman–Crippen MR) is 118 cm³/mol. The maximum absolute atomic E-state index is 13.1. The zero-order valence-corrected chi connectivity index (χ0v) is 17.8. The number of para-hydroxylation sites is 1. The van der Waals surface area contributed by atoms with Crippen molar-refractivity contribution in [1.29, 1.82) is 0 Å². The molecule has 0 radical (unpaired) electrons. The Balaban J connectivity index is 1.64. The molecule has 1 amide bonds. The summed E-state index contributed by atoms with van der Waals surface area (Å²) in [5.74, 6) is -0.828. The van der Waals surface area contributed by atoms with E-state index in [2.05, 4.69) is 5.32 Å². The van der Waals surface area contributed by atoms with E-state index in [1.54, 1.807) is 22.8 Å². The standard InChI is InChI=1S/C22H22FN3O4S/c1-31(29,30)12-11-25-9-10-26-20-16(3-2-4-19(20)25)13-18(22(26)28)21(27)24-14-15-5-7-17(23)8-6-15/h2-8,13H,9-12,14H2,1H3,(H,24,27). The Morgan fingerprint density at radius 2 is 1.87 bits per heavy atom. The number of anilines is 1. The molecule has 2 aromatic carbocycles. The van der Waals surface area contributed by atoms with Crippen molar-refractivity contribution in [2.24, 2.45) is 0 Å². The molecule has 0 saturated carbocycles. The lowest BCUT2D eigenvalue weighted by Gasteiger charge is -2.32. The molecule has 1 aliphatic heterocycles. The molecule has 1 aromatic heterocycles. The first-order valence-electron chi connectivity index (χ1n) is 9.85. The molecule has 162 valence electrons. The van der Waals surface area contributed by atoms with E-state index in [1.807, 2.05) is 23.1 Å². The van der Waals surface area contributed by atoms with Gasteiger partial charge in [0.05, 0.1) is 17.0 Å². The van der Waals surface area contributed by atoms with Crippen molar-refractivity contribution in [2.45, 2.75) is 13.1 Å². The summed E-state index contributed by atoms with van der Waals surface area (Å²) in [7, 11) is -3.11. The third kappa shape index (κ3) is 4.46. The van der Waals surface area contributed by atoms with Crippen LogP contribution in [0.2, 0.25) is 0 Å². The molecule has 1 N–H and O–H groups in total. The Bertz CT molecular complexity index is 1320. The minimum atomic E-state index is -3.11. The average molecular weight is 444 g/mol. The Morgan fingerprint density at radius 3 is 2.58 bits per heavy atom. The zero-order valence-electron chi connectivity index (χ0n) is 17.0. The molecule has 9 heteroatoms. The van der Waals surface area contributed by atoms with Crippen LogP contribution >= 0.6 is 0 Å². The highest BCUT2D eigenvalue weighted by Crippen LogP contribution is 2.29. The van der Waals surface area contributed by atoms with Crippen molar-refractivity contribution in [1.82, 2.24) is 9.88 Å². The van der Waals surface area contributed by atoms with Gasteiger partial charge < -0.3 is 14.8 Å². The van der Waals surface area contributed by atoms with Crippen LogP contribution in [0, 0.1) is 5.82 Å². The second-order valence-electron chi connectivity index (χ2n) is 7.66. The van der Waals surface area contributed by atoms with E-state index in [0.29, 0.717) is 25.2 Å². The van der Waals surface area contributed by atoms with Crippen LogP contribution in [0.1, 0.15) is 15.9 Å². The SMILES string of the molecule is CS(=O)(=O)CCN1CCn2c(=O)c(C(=O)NCc3ccc(F)cc3)cc3cccc1c32. The largest absolute Gasteiger partial charge is 0.367 e. The number of carbonyl (C=O) groups excluding carboxylic acids is 1. The highest BCUT2D eigenvalue weighted by Gasteiger charge is 2.23. The van der Waals surface area contributed by atoms with E-state index in [-0.39, 0.29) is 29.2 Å². The first kappa shape index (κ1) is 21.0. The van der Waals surface area contributed by atoms with Crippen LogP contribution in [0.3, 0.4) is 0 Å². The number of amides is 1. The van der Waals surface area contributed by atoms with Gasteiger partial charge in [-0.25, -0.2) is 12.8 Å². The van der Waals surface area contributed by atoms with Crippen molar-refractivity contribution >= 4 is 32.3 Å². The number of hydrogen-bond donors (Lipinski definition) is 1. The number of pyridine rings is 1. The van der Waals surface area contributed by atoms with Crippen LogP contribution in [0.4, 0.5) is 10.1 Å². The molecular weight excluding hydrogens is 421 g/mol. The van der Waals surface area contributed by atoms with Crippen LogP contribution in [-0.4, -0.2) is 44.0 Å². The smallest absolute Gasteiger partial charge is 0.264 e. The second-order valence-corrected chi connectivity index (χ2v) is 9.92. The fraction of sp³-hybridized carbons (Fsp3) is 0.273. The Morgan fingerprint density at radius 1 is 1.13 bits per heavy atom. The highest BCUT2D eigenvalue weighted by atomic mass is 32.2. The first-order chi connectivity index (χ1) is 14.7. The van der Waals surface area contributed by atoms with Gasteiger partial charge in [-0.1, -0.05) is 24.3 Å². The van der Waals surface area contributed by atoms with Crippen LogP contribution in [0.15, 0.2) is 53.3 Å². The van der Waals surface area contributed by atoms with Crippen molar-refractivity contribution < 1.29 is 17.6 Å². The van der Waals surface area contributed by atoms with Crippen LogP contribution in [0.5, 0.6) is 0 Å². The van der Waals surface area contributed by atoms with Crippen LogP contribution < -0.4 is 15.8 Å². The van der Waals surface area contributed by atoms with Crippen molar-refractivity contribution in [2.75, 3.05) is 30.0 Å². The van der Waals surface area contributed by atoms with E-state index >= 15 is 0 Å². The third-order valence-corrected chi connectivity index (χ3v) is 6.29. The molecule has 0 bridgehead atoms. The van der Waals surface area contributed by atoms with Gasteiger partial charge in [0.25, 0.3) is 11.5 Å². The molecule has 1 aliphatic rings. The number of sulfone groups is 1. The summed E-state index contributed by atoms with van der Waals surface area (Å²) in [6.07, 6.45) is 1.20. The van der Waals surface area contributed by atoms with Gasteiger partial charge in [0, 0.05) is 37.8 Å². The van der Waals surface area contributed by atoms with Gasteiger partial charge in [-0.2, -0.15) is 0 Å². The van der Waals surface area contributed by atoms with E-state index in [9.17, 15) is 22.4 Å². The molecular formula is C22H22FN3O4S. The highest BCUT2D eigenvalue weighted by molar-refractivity contribution is 7.90. The van der Waals surface area contributed by atoms with Crippen LogP contribution in [0.25, 0.3) is 10.9 Å². The van der Waals surface area contributed by atoms with Crippen molar-refractivity contribution in [3.8, 4) is 0 Å². The van der Waals surface area contributed by atoms with Gasteiger partial charge in [-0.15, -0.1) is 0 Å². The predicted octanol–water partition coefficient (Wildman–Crippen LogP) is 1.94. The average Bonchev–Trinajstić information content (AvgIpc) is 2.74. The number of rotatable bonds is 6. The number of aromatic nitrogens is 1. The van der Waals surface area contributed by atoms with Gasteiger partial charge in [0.15, 0.2) is 0 Å². The molecule has 0 atom stereocenters. The fourth-order valence-electron chi connectivity index (χ4n) is 3.78. The van der Waals surface area contributed by atoms with Crippen LogP contribution in [-0.2, 0) is 22.9 Å². The Kier molecular flexibility index (Phi) is 5.53. The lowest BCUT2D eigenvalue weighted by molar-refractivity contribution is 0.0949. The summed E-state index contributed by atoms with van der Waals surface area (Å²) in [5.41, 5.74) is 1.85. The molecule has 7 nitrogen and oxygen atoms in total. The number of hydrogen-bond acceptors (Lipinski definition) is 5. The quantitative estimate of drug-likeness (QED) is 0.629. The number of nitrogens with one attached hydrogen (secondary N) is 1. The molecule has 0 fully saturated rings. The Hall–Kier alpha value is -3.20. The second kappa shape index (κ2) is 8.14. The number of halogens is 1. The van der Waals surface area contributed by atoms with E-state index in [4.69, 9.17) is 0 Å². The van der Waals surface area contributed by atoms with Gasteiger partial charge >= 0.3 is 0 Å². The minimum Gasteiger partial charge on any atom is -0.367 e. The summed E-state index contributed by atoms with van der Waals surface area (Å²) in [6, 6.07) is 12.8. The molecule has 0 unspecified atom stereocenters. The van der Waals surface area contributed by atoms with Crippen molar-refractivity contribution in [3.05, 3.63) is 75.8 Å². The lowest BCUT2D eigenvalue weighted by Crippen LogP contribution is -2.41. The van der Waals surface area contributed by atoms with Gasteiger partial charge in [0.1, 0.15) is 21.2 Å².